The highest BCUT2D eigenvalue weighted by atomic mass is 16.2. The lowest BCUT2D eigenvalue weighted by atomic mass is 9.92. The largest absolute Gasteiger partial charge is 0.290 e. The Kier molecular flexibility index (Phi) is 3.66. The maximum absolute atomic E-state index is 11.9. The summed E-state index contributed by atoms with van der Waals surface area (Å²) < 4.78 is 0. The van der Waals surface area contributed by atoms with Gasteiger partial charge in [-0.1, -0.05) is 54.6 Å². The number of Topliss-reactive ketones (excluding diaryl/α,β-unsaturated/α-hetero) is 2. The van der Waals surface area contributed by atoms with Gasteiger partial charge in [-0.3, -0.25) is 9.59 Å². The van der Waals surface area contributed by atoms with Gasteiger partial charge in [0.15, 0.2) is 0 Å². The lowest BCUT2D eigenvalue weighted by Gasteiger charge is -2.10. The zero-order valence-electron chi connectivity index (χ0n) is 9.50. The Morgan fingerprint density at radius 1 is 1.12 bits per heavy atom. The van der Waals surface area contributed by atoms with Crippen molar-refractivity contribution in [1.29, 1.82) is 0 Å². The Morgan fingerprint density at radius 2 is 1.88 bits per heavy atom. The number of hydrogen-bond acceptors (Lipinski definition) is 2. The summed E-state index contributed by atoms with van der Waals surface area (Å²) in [5, 5.41) is 0. The molecule has 2 nitrogen and oxygen atoms in total. The molecule has 0 bridgehead atoms. The number of allylic oxidation sites excluding steroid dienone is 4. The maximum atomic E-state index is 11.9. The van der Waals surface area contributed by atoms with Crippen molar-refractivity contribution >= 4 is 11.6 Å². The fourth-order valence-electron chi connectivity index (χ4n) is 1.85. The molecular weight excluding hydrogens is 212 g/mol. The first kappa shape index (κ1) is 11.5. The quantitative estimate of drug-likeness (QED) is 0.739. The molecule has 0 N–H and O–H groups in total. The minimum absolute atomic E-state index is 0.202. The molecule has 1 unspecified atom stereocenters. The van der Waals surface area contributed by atoms with Gasteiger partial charge < -0.3 is 0 Å². The second-order valence-electron chi connectivity index (χ2n) is 4.11. The Balaban J connectivity index is 1.99. The van der Waals surface area contributed by atoms with E-state index < -0.39 is 0 Å². The molecule has 1 aromatic rings. The van der Waals surface area contributed by atoms with Crippen molar-refractivity contribution in [3.63, 3.8) is 0 Å². The minimum atomic E-state index is -0.304. The summed E-state index contributed by atoms with van der Waals surface area (Å²) >= 11 is 0. The molecule has 2 heteroatoms. The molecule has 0 aliphatic heterocycles. The summed E-state index contributed by atoms with van der Waals surface area (Å²) in [4.78, 5) is 23.7. The van der Waals surface area contributed by atoms with Gasteiger partial charge in [-0.05, 0) is 12.0 Å². The zero-order chi connectivity index (χ0) is 12.1. The summed E-state index contributed by atoms with van der Waals surface area (Å²) in [5.41, 5.74) is 0.890. The Bertz CT molecular complexity index is 469. The van der Waals surface area contributed by atoms with Gasteiger partial charge >= 0.3 is 0 Å². The van der Waals surface area contributed by atoms with Crippen molar-refractivity contribution < 1.29 is 9.59 Å². The molecule has 1 aliphatic rings. The lowest BCUT2D eigenvalue weighted by molar-refractivity contribution is -0.137. The fraction of sp³-hybridized carbons (Fsp3) is 0.200. The van der Waals surface area contributed by atoms with Crippen molar-refractivity contribution in [2.75, 3.05) is 0 Å². The monoisotopic (exact) mass is 226 g/mol. The highest BCUT2D eigenvalue weighted by Crippen LogP contribution is 2.14. The Hall–Kier alpha value is -1.96. The second-order valence-corrected chi connectivity index (χ2v) is 4.11. The fourth-order valence-corrected chi connectivity index (χ4v) is 1.85. The molecule has 0 saturated carbocycles. The van der Waals surface area contributed by atoms with Crippen molar-refractivity contribution in [3.05, 3.63) is 60.2 Å². The van der Waals surface area contributed by atoms with Crippen LogP contribution in [-0.2, 0) is 16.0 Å². The Labute approximate surface area is 101 Å². The molecule has 86 valence electrons. The summed E-state index contributed by atoms with van der Waals surface area (Å²) in [6.07, 6.45) is 8.26. The van der Waals surface area contributed by atoms with Crippen LogP contribution in [0.3, 0.4) is 0 Å². The van der Waals surface area contributed by atoms with E-state index in [2.05, 4.69) is 0 Å². The second kappa shape index (κ2) is 5.39. The van der Waals surface area contributed by atoms with Gasteiger partial charge in [-0.15, -0.1) is 0 Å². The summed E-state index contributed by atoms with van der Waals surface area (Å²) in [6.45, 7) is 0. The first-order valence-electron chi connectivity index (χ1n) is 5.71. The molecule has 0 spiro atoms. The van der Waals surface area contributed by atoms with Gasteiger partial charge in [0.2, 0.25) is 11.6 Å². The van der Waals surface area contributed by atoms with Gasteiger partial charge in [-0.25, -0.2) is 0 Å². The van der Waals surface area contributed by atoms with Crippen LogP contribution in [-0.4, -0.2) is 11.6 Å². The van der Waals surface area contributed by atoms with E-state index in [-0.39, 0.29) is 23.9 Å². The van der Waals surface area contributed by atoms with E-state index in [1.807, 2.05) is 48.6 Å². The highest BCUT2D eigenvalue weighted by Gasteiger charge is 2.22. The van der Waals surface area contributed by atoms with Gasteiger partial charge in [0, 0.05) is 12.3 Å². The van der Waals surface area contributed by atoms with Crippen LogP contribution in [0.5, 0.6) is 0 Å². The van der Waals surface area contributed by atoms with Gasteiger partial charge in [0.25, 0.3) is 0 Å². The zero-order valence-corrected chi connectivity index (χ0v) is 9.50. The number of benzene rings is 1. The van der Waals surface area contributed by atoms with E-state index in [1.54, 1.807) is 6.08 Å². The van der Waals surface area contributed by atoms with Gasteiger partial charge in [0.05, 0.1) is 0 Å². The molecule has 1 aromatic carbocycles. The SMILES string of the molecule is O=C(Cc1ccccc1)C(=O)C1C=CC=CC1. The van der Waals surface area contributed by atoms with Crippen molar-refractivity contribution in [2.24, 2.45) is 5.92 Å². The third-order valence-corrected chi connectivity index (χ3v) is 2.80. The standard InChI is InChI=1S/C15H14O2/c16-14(11-12-7-3-1-4-8-12)15(17)13-9-5-2-6-10-13/h1-9,13H,10-11H2. The van der Waals surface area contributed by atoms with E-state index in [4.69, 9.17) is 0 Å². The number of hydrogen-bond donors (Lipinski definition) is 0. The molecule has 1 atom stereocenters. The predicted molar refractivity (Wildman–Crippen MR) is 66.5 cm³/mol. The van der Waals surface area contributed by atoms with E-state index in [1.165, 1.54) is 0 Å². The first-order valence-corrected chi connectivity index (χ1v) is 5.71. The molecule has 0 saturated heterocycles. The van der Waals surface area contributed by atoms with E-state index in [9.17, 15) is 9.59 Å². The number of carbonyl (C=O) groups excluding carboxylic acids is 2. The molecule has 0 radical (unpaired) electrons. The molecule has 0 aromatic heterocycles. The van der Waals surface area contributed by atoms with Crippen molar-refractivity contribution in [1.82, 2.24) is 0 Å². The van der Waals surface area contributed by atoms with Gasteiger partial charge in [-0.2, -0.15) is 0 Å². The lowest BCUT2D eigenvalue weighted by Crippen LogP contribution is -2.24. The smallest absolute Gasteiger partial charge is 0.205 e. The molecule has 0 fully saturated rings. The molecular formula is C15H14O2. The first-order chi connectivity index (χ1) is 8.27. The topological polar surface area (TPSA) is 34.1 Å². The van der Waals surface area contributed by atoms with Crippen LogP contribution in [0.25, 0.3) is 0 Å². The van der Waals surface area contributed by atoms with E-state index in [0.29, 0.717) is 6.42 Å². The van der Waals surface area contributed by atoms with E-state index in [0.717, 1.165) is 5.56 Å². The van der Waals surface area contributed by atoms with Crippen LogP contribution < -0.4 is 0 Å². The highest BCUT2D eigenvalue weighted by molar-refractivity contribution is 6.38. The van der Waals surface area contributed by atoms with Crippen LogP contribution >= 0.6 is 0 Å². The summed E-state index contributed by atoms with van der Waals surface area (Å²) in [6, 6.07) is 9.36. The molecule has 2 rings (SSSR count). The van der Waals surface area contributed by atoms with Crippen molar-refractivity contribution in [3.8, 4) is 0 Å². The third-order valence-electron chi connectivity index (χ3n) is 2.80. The van der Waals surface area contributed by atoms with Crippen LogP contribution in [0.15, 0.2) is 54.6 Å². The van der Waals surface area contributed by atoms with Crippen LogP contribution in [0.2, 0.25) is 0 Å². The van der Waals surface area contributed by atoms with E-state index >= 15 is 0 Å². The molecule has 1 aliphatic carbocycles. The maximum Gasteiger partial charge on any atom is 0.205 e. The summed E-state index contributed by atoms with van der Waals surface area (Å²) in [5.74, 6) is -0.855. The normalized spacial score (nSPS) is 18.0. The van der Waals surface area contributed by atoms with Crippen LogP contribution in [0.4, 0.5) is 0 Å². The van der Waals surface area contributed by atoms with Crippen LogP contribution in [0, 0.1) is 5.92 Å². The molecule has 17 heavy (non-hydrogen) atoms. The number of rotatable bonds is 4. The Morgan fingerprint density at radius 3 is 2.53 bits per heavy atom. The summed E-state index contributed by atoms with van der Waals surface area (Å²) in [7, 11) is 0. The molecule has 0 heterocycles. The number of carbonyl (C=O) groups is 2. The third kappa shape index (κ3) is 3.00. The van der Waals surface area contributed by atoms with Crippen LogP contribution in [0.1, 0.15) is 12.0 Å². The average molecular weight is 226 g/mol. The average Bonchev–Trinajstić information content (AvgIpc) is 2.40. The minimum Gasteiger partial charge on any atom is -0.290 e. The predicted octanol–water partition coefficient (Wildman–Crippen LogP) is 2.50. The van der Waals surface area contributed by atoms with Gasteiger partial charge in [0.1, 0.15) is 0 Å². The molecule has 0 amide bonds. The van der Waals surface area contributed by atoms with Crippen molar-refractivity contribution in [2.45, 2.75) is 12.8 Å². The number of ketones is 2.